The summed E-state index contributed by atoms with van der Waals surface area (Å²) >= 11 is 0. The molecule has 3 heterocycles. The van der Waals surface area contributed by atoms with Crippen LogP contribution in [0.4, 0.5) is 0 Å². The van der Waals surface area contributed by atoms with Crippen LogP contribution < -0.4 is 0 Å². The molecule has 1 atom stereocenters. The van der Waals surface area contributed by atoms with Gasteiger partial charge in [-0.05, 0) is 32.8 Å². The molecule has 7 nitrogen and oxygen atoms in total. The molecule has 118 valence electrons. The molecular weight excluding hydrogens is 302 g/mol. The Balaban J connectivity index is 2.06. The van der Waals surface area contributed by atoms with Crippen LogP contribution in [0.15, 0.2) is 29.6 Å². The second kappa shape index (κ2) is 5.13. The van der Waals surface area contributed by atoms with Gasteiger partial charge in [-0.2, -0.15) is 9.40 Å². The molecule has 2 aromatic rings. The Hall–Kier alpha value is -1.80. The standard InChI is InChI=1S/C14H19N5O2S/c1-11-5-7-15-13(17-11)14(2)6-4-8-19(14)22(20,21)12-9-16-18(3)10-12/h5,7,9-10H,4,6,8H2,1-3H3. The van der Waals surface area contributed by atoms with Crippen LogP contribution in [-0.2, 0) is 22.6 Å². The van der Waals surface area contributed by atoms with Crippen molar-refractivity contribution in [2.75, 3.05) is 6.54 Å². The maximum atomic E-state index is 12.9. The first-order valence-electron chi connectivity index (χ1n) is 7.16. The van der Waals surface area contributed by atoms with Crippen molar-refractivity contribution in [2.45, 2.75) is 37.1 Å². The molecule has 0 saturated carbocycles. The molecule has 22 heavy (non-hydrogen) atoms. The molecule has 0 radical (unpaired) electrons. The average Bonchev–Trinajstić information content (AvgIpc) is 3.06. The average molecular weight is 321 g/mol. The Kier molecular flexibility index (Phi) is 3.53. The van der Waals surface area contributed by atoms with Gasteiger partial charge in [-0.15, -0.1) is 0 Å². The van der Waals surface area contributed by atoms with Crippen LogP contribution in [0.1, 0.15) is 31.3 Å². The SMILES string of the molecule is Cc1ccnc(C2(C)CCCN2S(=O)(=O)c2cnn(C)c2)n1. The number of aromatic nitrogens is 4. The van der Waals surface area contributed by atoms with Crippen LogP contribution in [0, 0.1) is 6.92 Å². The third-order valence-corrected chi connectivity index (χ3v) is 6.09. The van der Waals surface area contributed by atoms with Crippen molar-refractivity contribution < 1.29 is 8.42 Å². The van der Waals surface area contributed by atoms with Gasteiger partial charge in [-0.25, -0.2) is 18.4 Å². The fourth-order valence-electron chi connectivity index (χ4n) is 2.91. The fraction of sp³-hybridized carbons (Fsp3) is 0.500. The van der Waals surface area contributed by atoms with E-state index in [4.69, 9.17) is 0 Å². The molecule has 1 saturated heterocycles. The van der Waals surface area contributed by atoms with Gasteiger partial charge in [0, 0.05) is 31.7 Å². The predicted molar refractivity (Wildman–Crippen MR) is 80.5 cm³/mol. The lowest BCUT2D eigenvalue weighted by molar-refractivity contribution is 0.254. The molecule has 2 aromatic heterocycles. The van der Waals surface area contributed by atoms with Crippen molar-refractivity contribution in [3.63, 3.8) is 0 Å². The van der Waals surface area contributed by atoms with E-state index < -0.39 is 15.6 Å². The molecule has 0 aliphatic carbocycles. The summed E-state index contributed by atoms with van der Waals surface area (Å²) in [5.74, 6) is 0.553. The van der Waals surface area contributed by atoms with Gasteiger partial charge in [0.1, 0.15) is 10.7 Å². The number of hydrogen-bond acceptors (Lipinski definition) is 5. The van der Waals surface area contributed by atoms with E-state index in [1.807, 2.05) is 19.9 Å². The van der Waals surface area contributed by atoms with E-state index in [2.05, 4.69) is 15.1 Å². The first-order valence-corrected chi connectivity index (χ1v) is 8.60. The Morgan fingerprint density at radius 3 is 2.77 bits per heavy atom. The molecule has 1 aliphatic rings. The Morgan fingerprint density at radius 2 is 2.14 bits per heavy atom. The molecule has 0 bridgehead atoms. The summed E-state index contributed by atoms with van der Waals surface area (Å²) in [7, 11) is -1.92. The first-order chi connectivity index (χ1) is 10.3. The van der Waals surface area contributed by atoms with Gasteiger partial charge < -0.3 is 0 Å². The summed E-state index contributed by atoms with van der Waals surface area (Å²) in [6.45, 7) is 4.23. The highest BCUT2D eigenvalue weighted by Gasteiger charge is 2.47. The number of rotatable bonds is 3. The quantitative estimate of drug-likeness (QED) is 0.849. The fourth-order valence-corrected chi connectivity index (χ4v) is 4.71. The van der Waals surface area contributed by atoms with Crippen molar-refractivity contribution in [3.8, 4) is 0 Å². The molecule has 0 aromatic carbocycles. The van der Waals surface area contributed by atoms with E-state index in [1.54, 1.807) is 13.2 Å². The summed E-state index contributed by atoms with van der Waals surface area (Å²) in [5, 5.41) is 3.97. The van der Waals surface area contributed by atoms with E-state index in [-0.39, 0.29) is 4.90 Å². The van der Waals surface area contributed by atoms with E-state index in [0.717, 1.165) is 12.1 Å². The Labute approximate surface area is 130 Å². The summed E-state index contributed by atoms with van der Waals surface area (Å²) in [4.78, 5) is 8.97. The maximum absolute atomic E-state index is 12.9. The van der Waals surface area contributed by atoms with Crippen LogP contribution in [0.25, 0.3) is 0 Å². The number of hydrogen-bond donors (Lipinski definition) is 0. The highest BCUT2D eigenvalue weighted by Crippen LogP contribution is 2.40. The minimum absolute atomic E-state index is 0.204. The lowest BCUT2D eigenvalue weighted by Crippen LogP contribution is -2.43. The van der Waals surface area contributed by atoms with Crippen LogP contribution in [0.5, 0.6) is 0 Å². The van der Waals surface area contributed by atoms with Gasteiger partial charge in [-0.3, -0.25) is 4.68 Å². The zero-order valence-electron chi connectivity index (χ0n) is 12.9. The molecule has 1 unspecified atom stereocenters. The van der Waals surface area contributed by atoms with Crippen molar-refractivity contribution in [2.24, 2.45) is 7.05 Å². The number of aryl methyl sites for hydroxylation is 2. The molecule has 0 N–H and O–H groups in total. The second-order valence-corrected chi connectivity index (χ2v) is 7.69. The van der Waals surface area contributed by atoms with Crippen LogP contribution in [0.2, 0.25) is 0 Å². The summed E-state index contributed by atoms with van der Waals surface area (Å²) in [6.07, 6.45) is 6.07. The third-order valence-electron chi connectivity index (χ3n) is 4.12. The van der Waals surface area contributed by atoms with Crippen LogP contribution in [0.3, 0.4) is 0 Å². The summed E-state index contributed by atoms with van der Waals surface area (Å²) in [6, 6.07) is 1.81. The highest BCUT2D eigenvalue weighted by molar-refractivity contribution is 7.89. The summed E-state index contributed by atoms with van der Waals surface area (Å²) in [5.41, 5.74) is 0.109. The molecule has 8 heteroatoms. The van der Waals surface area contributed by atoms with Crippen molar-refractivity contribution in [1.82, 2.24) is 24.1 Å². The second-order valence-electron chi connectivity index (χ2n) is 5.83. The van der Waals surface area contributed by atoms with Gasteiger partial charge >= 0.3 is 0 Å². The molecule has 1 fully saturated rings. The highest BCUT2D eigenvalue weighted by atomic mass is 32.2. The molecule has 1 aliphatic heterocycles. The van der Waals surface area contributed by atoms with Gasteiger partial charge in [0.05, 0.1) is 11.7 Å². The van der Waals surface area contributed by atoms with Crippen LogP contribution in [-0.4, -0.2) is 39.0 Å². The number of nitrogens with zero attached hydrogens (tertiary/aromatic N) is 5. The lowest BCUT2D eigenvalue weighted by Gasteiger charge is -2.32. The van der Waals surface area contributed by atoms with E-state index in [9.17, 15) is 8.42 Å². The van der Waals surface area contributed by atoms with Gasteiger partial charge in [-0.1, -0.05) is 0 Å². The minimum Gasteiger partial charge on any atom is -0.274 e. The predicted octanol–water partition coefficient (Wildman–Crippen LogP) is 1.22. The largest absolute Gasteiger partial charge is 0.274 e. The third kappa shape index (κ3) is 2.32. The van der Waals surface area contributed by atoms with Gasteiger partial charge in [0.2, 0.25) is 10.0 Å². The van der Waals surface area contributed by atoms with E-state index >= 15 is 0 Å². The number of sulfonamides is 1. The minimum atomic E-state index is -3.62. The van der Waals surface area contributed by atoms with Crippen molar-refractivity contribution in [3.05, 3.63) is 36.2 Å². The molecular formula is C14H19N5O2S. The monoisotopic (exact) mass is 321 g/mol. The smallest absolute Gasteiger partial charge is 0.247 e. The van der Waals surface area contributed by atoms with Gasteiger partial charge in [0.15, 0.2) is 0 Å². The Bertz CT molecular complexity index is 801. The lowest BCUT2D eigenvalue weighted by atomic mass is 9.99. The van der Waals surface area contributed by atoms with Crippen molar-refractivity contribution in [1.29, 1.82) is 0 Å². The van der Waals surface area contributed by atoms with Crippen LogP contribution >= 0.6 is 0 Å². The zero-order valence-corrected chi connectivity index (χ0v) is 13.7. The maximum Gasteiger partial charge on any atom is 0.247 e. The summed E-state index contributed by atoms with van der Waals surface area (Å²) < 4.78 is 28.9. The first kappa shape index (κ1) is 15.1. The normalized spacial score (nSPS) is 23.0. The van der Waals surface area contributed by atoms with Crippen molar-refractivity contribution >= 4 is 10.0 Å². The van der Waals surface area contributed by atoms with E-state index in [1.165, 1.54) is 21.4 Å². The molecule has 0 amide bonds. The Morgan fingerprint density at radius 1 is 1.36 bits per heavy atom. The molecule has 3 rings (SSSR count). The van der Waals surface area contributed by atoms with Gasteiger partial charge in [0.25, 0.3) is 0 Å². The zero-order chi connectivity index (χ0) is 16.0. The molecule has 0 spiro atoms. The van der Waals surface area contributed by atoms with E-state index in [0.29, 0.717) is 18.8 Å². The topological polar surface area (TPSA) is 81.0 Å².